The van der Waals surface area contributed by atoms with Gasteiger partial charge in [-0.2, -0.15) is 27.7 Å². The third kappa shape index (κ3) is 57600. The van der Waals surface area contributed by atoms with Crippen molar-refractivity contribution >= 4 is 17.3 Å². The van der Waals surface area contributed by atoms with Gasteiger partial charge in [0.1, 0.15) is 17.3 Å². The van der Waals surface area contributed by atoms with Gasteiger partial charge in [-0.25, -0.2) is 0 Å². The second-order valence-corrected chi connectivity index (χ2v) is 3.88. The topological polar surface area (TPSA) is 51.2 Å². The molecule has 0 unspecified atom stereocenters. The van der Waals surface area contributed by atoms with Crippen LogP contribution in [-0.2, 0) is 36.1 Å². The first kappa shape index (κ1) is 36.3. The second kappa shape index (κ2) is 43.1. The molecule has 0 N–H and O–H groups in total. The van der Waals surface area contributed by atoms with Gasteiger partial charge >= 0.3 is 21.7 Å². The van der Waals surface area contributed by atoms with Crippen molar-refractivity contribution in [3.05, 3.63) is 12.8 Å². The molecule has 0 amide bonds. The number of carbonyl (C=O) groups excluding carboxylic acids is 3. The molecule has 0 spiro atoms. The van der Waals surface area contributed by atoms with Gasteiger partial charge in [-0.3, -0.25) is 0 Å². The van der Waals surface area contributed by atoms with E-state index >= 15 is 0 Å². The number of hydrogen-bond acceptors (Lipinski definition) is 3. The molecule has 0 aromatic heterocycles. The van der Waals surface area contributed by atoms with E-state index in [1.165, 1.54) is 41.5 Å². The minimum Gasteiger partial charge on any atom is -0.335 e. The second-order valence-electron chi connectivity index (χ2n) is 3.88. The molecular formula is C15H32O3Ti. The average molecular weight is 308 g/mol. The molecule has 19 heavy (non-hydrogen) atoms. The van der Waals surface area contributed by atoms with E-state index < -0.39 is 0 Å². The van der Waals surface area contributed by atoms with Crippen molar-refractivity contribution in [3.8, 4) is 0 Å². The number of carbonyl (C=O) groups is 3. The average Bonchev–Trinajstić information content (AvgIpc) is 2.00. The summed E-state index contributed by atoms with van der Waals surface area (Å²) in [6.07, 6.45) is 4.00. The molecule has 0 aromatic carbocycles. The summed E-state index contributed by atoms with van der Waals surface area (Å²) in [6, 6.07) is 0. The molecular weight excluding hydrogens is 276 g/mol. The molecule has 0 bridgehead atoms. The molecule has 0 atom stereocenters. The Hall–Kier alpha value is -0.276. The van der Waals surface area contributed by atoms with Crippen LogP contribution < -0.4 is 0 Å². The zero-order valence-corrected chi connectivity index (χ0v) is 15.9. The fourth-order valence-corrected chi connectivity index (χ4v) is 0. The van der Waals surface area contributed by atoms with Gasteiger partial charge in [0.2, 0.25) is 0 Å². The van der Waals surface area contributed by atoms with Crippen molar-refractivity contribution < 1.29 is 36.1 Å². The van der Waals surface area contributed by atoms with Crippen LogP contribution in [0.5, 0.6) is 0 Å². The Morgan fingerprint density at radius 2 is 0.526 bits per heavy atom. The van der Waals surface area contributed by atoms with E-state index in [1.54, 1.807) is 0 Å². The summed E-state index contributed by atoms with van der Waals surface area (Å²) in [7, 11) is 0. The maximum absolute atomic E-state index is 9.44. The monoisotopic (exact) mass is 308 g/mol. The van der Waals surface area contributed by atoms with Gasteiger partial charge in [-0.05, 0) is 41.5 Å². The number of rotatable bonds is 0. The predicted octanol–water partition coefficient (Wildman–Crippen LogP) is 4.24. The van der Waals surface area contributed by atoms with Crippen LogP contribution in [-0.4, -0.2) is 17.3 Å². The van der Waals surface area contributed by atoms with Crippen molar-refractivity contribution in [1.82, 2.24) is 0 Å². The first-order valence-corrected chi connectivity index (χ1v) is 5.92. The molecule has 4 heteroatoms. The summed E-state index contributed by atoms with van der Waals surface area (Å²) in [4.78, 5) is 28.3. The van der Waals surface area contributed by atoms with Crippen LogP contribution in [0.15, 0.2) is 0 Å². The van der Waals surface area contributed by atoms with E-state index in [0.717, 1.165) is 0 Å². The smallest absolute Gasteiger partial charge is 0.335 e. The molecule has 0 rings (SSSR count). The van der Waals surface area contributed by atoms with Crippen LogP contribution in [0.3, 0.4) is 0 Å². The van der Waals surface area contributed by atoms with Crippen molar-refractivity contribution in [2.75, 3.05) is 0 Å². The number of hydrogen-bond donors (Lipinski definition) is 0. The van der Waals surface area contributed by atoms with E-state index in [0.29, 0.717) is 0 Å². The van der Waals surface area contributed by atoms with Gasteiger partial charge in [0.25, 0.3) is 0 Å². The summed E-state index contributed by atoms with van der Waals surface area (Å²) in [5.74, 6) is 0.500. The minimum atomic E-state index is 0. The van der Waals surface area contributed by atoms with Crippen molar-refractivity contribution in [3.63, 3.8) is 0 Å². The zero-order chi connectivity index (χ0) is 16.1. The van der Waals surface area contributed by atoms with Crippen LogP contribution in [0.25, 0.3) is 0 Å². The molecule has 0 fully saturated rings. The van der Waals surface area contributed by atoms with E-state index in [9.17, 15) is 14.4 Å². The maximum Gasteiger partial charge on any atom is 2.00 e. The van der Waals surface area contributed by atoms with Crippen LogP contribution >= 0.6 is 0 Å². The standard InChI is InChI=1S/3C3H6O.2C3H7.Ti/c3*1-3(2)4;2*1-3-2;/h3*1-2H3;2*3H,1-2H3;/q;;;2*-1;+2. The fourth-order valence-electron chi connectivity index (χ4n) is 0. The molecule has 0 aliphatic heterocycles. The molecule has 3 nitrogen and oxygen atoms in total. The van der Waals surface area contributed by atoms with E-state index in [-0.39, 0.29) is 39.1 Å². The van der Waals surface area contributed by atoms with Crippen LogP contribution in [0.1, 0.15) is 69.2 Å². The Bertz CT molecular complexity index is 136. The van der Waals surface area contributed by atoms with Crippen molar-refractivity contribution in [2.24, 2.45) is 0 Å². The van der Waals surface area contributed by atoms with Crippen LogP contribution in [0.2, 0.25) is 0 Å². The van der Waals surface area contributed by atoms with Gasteiger partial charge in [0.05, 0.1) is 0 Å². The SMILES string of the molecule is CC(C)=O.CC(C)=O.CC(C)=O.C[CH-]C.C[CH-]C.[Ti+2]. The van der Waals surface area contributed by atoms with Crippen LogP contribution in [0, 0.1) is 12.8 Å². The number of ketones is 3. The predicted molar refractivity (Wildman–Crippen MR) is 80.4 cm³/mol. The Labute approximate surface area is 135 Å². The fraction of sp³-hybridized carbons (Fsp3) is 0.667. The summed E-state index contributed by atoms with van der Waals surface area (Å²) in [5, 5.41) is 0. The summed E-state index contributed by atoms with van der Waals surface area (Å²) >= 11 is 0. The molecule has 0 aliphatic carbocycles. The molecule has 0 aromatic rings. The molecule has 0 radical (unpaired) electrons. The summed E-state index contributed by atoms with van der Waals surface area (Å²) in [6.45, 7) is 17.2. The van der Waals surface area contributed by atoms with Gasteiger partial charge in [-0.1, -0.05) is 0 Å². The first-order chi connectivity index (χ1) is 8.02. The molecule has 0 aliphatic rings. The third-order valence-corrected chi connectivity index (χ3v) is 0. The molecule has 0 saturated heterocycles. The number of Topliss-reactive ketones (excluding diaryl/α,β-unsaturated/α-hetero) is 3. The van der Waals surface area contributed by atoms with Gasteiger partial charge < -0.3 is 27.2 Å². The summed E-state index contributed by atoms with van der Waals surface area (Å²) < 4.78 is 0. The Balaban J connectivity index is -0.0000000276. The third-order valence-electron chi connectivity index (χ3n) is 0. The minimum absolute atomic E-state index is 0. The van der Waals surface area contributed by atoms with E-state index in [4.69, 9.17) is 0 Å². The Morgan fingerprint density at radius 1 is 0.526 bits per heavy atom. The quantitative estimate of drug-likeness (QED) is 0.496. The molecule has 0 saturated carbocycles. The normalized spacial score (nSPS) is 6.00. The van der Waals surface area contributed by atoms with Crippen molar-refractivity contribution in [1.29, 1.82) is 0 Å². The van der Waals surface area contributed by atoms with Gasteiger partial charge in [-0.15, -0.1) is 0 Å². The summed E-state index contributed by atoms with van der Waals surface area (Å²) in [5.41, 5.74) is 0. The van der Waals surface area contributed by atoms with Crippen molar-refractivity contribution in [2.45, 2.75) is 69.2 Å². The van der Waals surface area contributed by atoms with Gasteiger partial charge in [0.15, 0.2) is 0 Å². The molecule has 0 heterocycles. The Morgan fingerprint density at radius 3 is 0.526 bits per heavy atom. The first-order valence-electron chi connectivity index (χ1n) is 5.92. The van der Waals surface area contributed by atoms with Crippen LogP contribution in [0.4, 0.5) is 0 Å². The zero-order valence-electron chi connectivity index (χ0n) is 14.4. The molecule has 114 valence electrons. The van der Waals surface area contributed by atoms with Gasteiger partial charge in [0, 0.05) is 0 Å². The van der Waals surface area contributed by atoms with E-state index in [1.807, 2.05) is 40.5 Å². The maximum atomic E-state index is 9.44. The van der Waals surface area contributed by atoms with E-state index in [2.05, 4.69) is 0 Å². The Kier molecular flexibility index (Phi) is 82.4. The largest absolute Gasteiger partial charge is 2.00 e.